The van der Waals surface area contributed by atoms with Crippen molar-refractivity contribution in [3.8, 4) is 0 Å². The molecule has 1 N–H and O–H groups in total. The van der Waals surface area contributed by atoms with Crippen molar-refractivity contribution in [3.63, 3.8) is 0 Å². The molecule has 2 aromatic heterocycles. The molecule has 0 aliphatic carbocycles. The number of aromatic amines is 1. The van der Waals surface area contributed by atoms with E-state index in [2.05, 4.69) is 21.0 Å². The Bertz CT molecular complexity index is 839. The summed E-state index contributed by atoms with van der Waals surface area (Å²) < 4.78 is 1.61. The monoisotopic (exact) mass is 317 g/mol. The second kappa shape index (κ2) is 5.80. The average Bonchev–Trinajstić information content (AvgIpc) is 3.02. The van der Waals surface area contributed by atoms with Crippen molar-refractivity contribution >= 4 is 28.6 Å². The minimum atomic E-state index is -0.408. The van der Waals surface area contributed by atoms with E-state index in [-0.39, 0.29) is 5.82 Å². The van der Waals surface area contributed by atoms with E-state index in [1.165, 1.54) is 11.8 Å². The van der Waals surface area contributed by atoms with Crippen LogP contribution < -0.4 is 0 Å². The van der Waals surface area contributed by atoms with Gasteiger partial charge in [0.25, 0.3) is 0 Å². The maximum Gasteiger partial charge on any atom is 0.342 e. The van der Waals surface area contributed by atoms with Crippen molar-refractivity contribution in [1.82, 2.24) is 19.5 Å². The van der Waals surface area contributed by atoms with E-state index in [4.69, 9.17) is 0 Å². The minimum Gasteiger partial charge on any atom is -0.358 e. The number of hydrogen-bond donors (Lipinski definition) is 1. The zero-order valence-electron chi connectivity index (χ0n) is 12.2. The number of nitrogens with zero attached hydrogens (tertiary/aromatic N) is 4. The van der Waals surface area contributed by atoms with Gasteiger partial charge in [0.15, 0.2) is 11.0 Å². The second-order valence-corrected chi connectivity index (χ2v) is 6.07. The molecule has 114 valence electrons. The molecule has 0 saturated carbocycles. The first-order valence-electron chi connectivity index (χ1n) is 6.80. The first kappa shape index (κ1) is 14.6. The number of rotatable bonds is 5. The van der Waals surface area contributed by atoms with Crippen LogP contribution in [0.4, 0.5) is 5.82 Å². The van der Waals surface area contributed by atoms with Crippen LogP contribution in [0.5, 0.6) is 0 Å². The molecule has 2 heterocycles. The molecule has 0 unspecified atom stereocenters. The molecule has 0 aliphatic heterocycles. The Labute approximate surface area is 130 Å². The van der Waals surface area contributed by atoms with Crippen molar-refractivity contribution in [1.29, 1.82) is 0 Å². The van der Waals surface area contributed by atoms with Gasteiger partial charge in [0.05, 0.1) is 11.0 Å². The van der Waals surface area contributed by atoms with Gasteiger partial charge in [-0.25, -0.2) is 14.5 Å². The van der Waals surface area contributed by atoms with Crippen molar-refractivity contribution in [2.45, 2.75) is 25.5 Å². The smallest absolute Gasteiger partial charge is 0.342 e. The van der Waals surface area contributed by atoms with Gasteiger partial charge in [0.1, 0.15) is 12.7 Å². The predicted molar refractivity (Wildman–Crippen MR) is 85.2 cm³/mol. The van der Waals surface area contributed by atoms with Gasteiger partial charge in [-0.05, 0) is 29.5 Å². The van der Waals surface area contributed by atoms with Gasteiger partial charge >= 0.3 is 5.82 Å². The summed E-state index contributed by atoms with van der Waals surface area (Å²) in [4.78, 5) is 22.3. The van der Waals surface area contributed by atoms with Gasteiger partial charge in [0.2, 0.25) is 0 Å². The number of benzene rings is 1. The fourth-order valence-corrected chi connectivity index (χ4v) is 3.09. The lowest BCUT2D eigenvalue weighted by Crippen LogP contribution is -2.06. The van der Waals surface area contributed by atoms with Gasteiger partial charge in [-0.3, -0.25) is 0 Å². The number of imidazole rings is 2. The summed E-state index contributed by atoms with van der Waals surface area (Å²) >= 11 is 1.54. The molecule has 0 amide bonds. The predicted octanol–water partition coefficient (Wildman–Crippen LogP) is 3.08. The summed E-state index contributed by atoms with van der Waals surface area (Å²) in [5.41, 5.74) is 3.11. The van der Waals surface area contributed by atoms with Crippen LogP contribution in [-0.4, -0.2) is 30.2 Å². The third-order valence-electron chi connectivity index (χ3n) is 3.39. The van der Waals surface area contributed by atoms with Crippen molar-refractivity contribution in [3.05, 3.63) is 45.9 Å². The molecule has 8 heteroatoms. The molecular weight excluding hydrogens is 302 g/mol. The highest BCUT2D eigenvalue weighted by molar-refractivity contribution is 7.99. The normalized spacial score (nSPS) is 11.2. The summed E-state index contributed by atoms with van der Waals surface area (Å²) in [6.07, 6.45) is 1.30. The highest BCUT2D eigenvalue weighted by atomic mass is 32.2. The van der Waals surface area contributed by atoms with Gasteiger partial charge < -0.3 is 15.1 Å². The maximum absolute atomic E-state index is 10.9. The van der Waals surface area contributed by atoms with Crippen LogP contribution >= 0.6 is 11.8 Å². The van der Waals surface area contributed by atoms with Crippen molar-refractivity contribution < 1.29 is 4.92 Å². The Morgan fingerprint density at radius 3 is 3.00 bits per heavy atom. The number of fused-ring (bicyclic) bond motifs is 1. The van der Waals surface area contributed by atoms with Crippen molar-refractivity contribution in [2.24, 2.45) is 0 Å². The van der Waals surface area contributed by atoms with E-state index in [9.17, 15) is 10.1 Å². The Balaban J connectivity index is 1.70. The largest absolute Gasteiger partial charge is 0.358 e. The van der Waals surface area contributed by atoms with Gasteiger partial charge in [-0.2, -0.15) is 0 Å². The van der Waals surface area contributed by atoms with Crippen molar-refractivity contribution in [2.75, 3.05) is 5.75 Å². The van der Waals surface area contributed by atoms with Crippen LogP contribution in [0.1, 0.15) is 11.4 Å². The summed E-state index contributed by atoms with van der Waals surface area (Å²) in [6.45, 7) is 4.32. The highest BCUT2D eigenvalue weighted by Crippen LogP contribution is 2.22. The summed E-state index contributed by atoms with van der Waals surface area (Å²) in [7, 11) is 0. The molecule has 7 nitrogen and oxygen atoms in total. The minimum absolute atomic E-state index is 0.0262. The molecule has 0 saturated heterocycles. The van der Waals surface area contributed by atoms with Crippen LogP contribution in [-0.2, 0) is 6.54 Å². The molecule has 1 aromatic carbocycles. The molecule has 0 aliphatic rings. The Morgan fingerprint density at radius 1 is 1.41 bits per heavy atom. The molecule has 0 bridgehead atoms. The Kier molecular flexibility index (Phi) is 3.84. The Hall–Kier alpha value is -2.35. The van der Waals surface area contributed by atoms with Gasteiger partial charge in [-0.1, -0.05) is 17.8 Å². The molecule has 0 atom stereocenters. The van der Waals surface area contributed by atoms with Crippen LogP contribution in [0.25, 0.3) is 11.0 Å². The van der Waals surface area contributed by atoms with E-state index in [1.807, 2.05) is 19.1 Å². The molecule has 22 heavy (non-hydrogen) atoms. The van der Waals surface area contributed by atoms with E-state index in [1.54, 1.807) is 23.3 Å². The topological polar surface area (TPSA) is 89.6 Å². The highest BCUT2D eigenvalue weighted by Gasteiger charge is 2.17. The van der Waals surface area contributed by atoms with Gasteiger partial charge in [0, 0.05) is 12.7 Å². The lowest BCUT2D eigenvalue weighted by atomic mass is 10.2. The summed E-state index contributed by atoms with van der Waals surface area (Å²) in [5.74, 6) is 1.35. The average molecular weight is 317 g/mol. The lowest BCUT2D eigenvalue weighted by Gasteiger charge is -2.01. The molecule has 0 spiro atoms. The van der Waals surface area contributed by atoms with E-state index >= 15 is 0 Å². The Morgan fingerprint density at radius 2 is 2.23 bits per heavy atom. The quantitative estimate of drug-likeness (QED) is 0.444. The number of aromatic nitrogens is 4. The van der Waals surface area contributed by atoms with E-state index in [0.717, 1.165) is 16.2 Å². The van der Waals surface area contributed by atoms with E-state index < -0.39 is 4.92 Å². The molecule has 3 rings (SSSR count). The molecule has 0 radical (unpaired) electrons. The second-order valence-electron chi connectivity index (χ2n) is 4.98. The molecule has 3 aromatic rings. The zero-order valence-corrected chi connectivity index (χ0v) is 13.1. The third kappa shape index (κ3) is 2.82. The molecular formula is C14H15N5O2S. The fourth-order valence-electron chi connectivity index (χ4n) is 2.28. The zero-order chi connectivity index (χ0) is 15.7. The fraction of sp³-hybridized carbons (Fsp3) is 0.286. The van der Waals surface area contributed by atoms with Crippen LogP contribution in [0, 0.1) is 24.0 Å². The first-order chi connectivity index (χ1) is 10.5. The lowest BCUT2D eigenvalue weighted by molar-refractivity contribution is -0.392. The van der Waals surface area contributed by atoms with Gasteiger partial charge in [-0.15, -0.1) is 0 Å². The molecule has 0 fully saturated rings. The van der Waals surface area contributed by atoms with E-state index in [0.29, 0.717) is 18.1 Å². The van der Waals surface area contributed by atoms with Crippen LogP contribution in [0.3, 0.4) is 0 Å². The maximum atomic E-state index is 10.9. The number of aryl methyl sites for hydroxylation is 2. The first-order valence-corrected chi connectivity index (χ1v) is 7.79. The standard InChI is InChI=1S/C14H15N5O2S/c1-9-3-4-11-12(7-9)17-14(16-11)22-6-5-18-10(2)15-8-13(18)19(20)21/h3-4,7-8H,5-6H2,1-2H3,(H,16,17). The number of hydrogen-bond acceptors (Lipinski definition) is 5. The third-order valence-corrected chi connectivity index (χ3v) is 4.24. The number of H-pyrrole nitrogens is 1. The SMILES string of the molecule is Cc1ccc2nc(SCCn3c([N+](=O)[O-])cnc3C)[nH]c2c1. The number of nitrogens with one attached hydrogen (secondary N) is 1. The summed E-state index contributed by atoms with van der Waals surface area (Å²) in [5, 5.41) is 11.8. The summed E-state index contributed by atoms with van der Waals surface area (Å²) in [6, 6.07) is 6.06. The van der Waals surface area contributed by atoms with Crippen LogP contribution in [0.15, 0.2) is 29.6 Å². The number of thioether (sulfide) groups is 1. The van der Waals surface area contributed by atoms with Crippen LogP contribution in [0.2, 0.25) is 0 Å². The number of nitro groups is 1.